The highest BCUT2D eigenvalue weighted by atomic mass is 35.5. The molecular formula is C16H13Cl2N5O. The quantitative estimate of drug-likeness (QED) is 0.366. The minimum absolute atomic E-state index is 0.319. The zero-order chi connectivity index (χ0) is 17.3. The van der Waals surface area contributed by atoms with Gasteiger partial charge >= 0.3 is 6.03 Å². The van der Waals surface area contributed by atoms with Crippen LogP contribution < -0.4 is 16.6 Å². The molecule has 24 heavy (non-hydrogen) atoms. The Morgan fingerprint density at radius 3 is 2.58 bits per heavy atom. The van der Waals surface area contributed by atoms with Gasteiger partial charge in [-0.25, -0.2) is 20.6 Å². The van der Waals surface area contributed by atoms with E-state index in [-0.39, 0.29) is 0 Å². The van der Waals surface area contributed by atoms with Gasteiger partial charge < -0.3 is 0 Å². The fourth-order valence-corrected chi connectivity index (χ4v) is 3.06. The fourth-order valence-electron chi connectivity index (χ4n) is 2.54. The molecule has 0 atom stereocenters. The van der Waals surface area contributed by atoms with Crippen LogP contribution in [-0.2, 0) is 0 Å². The Bertz CT molecular complexity index is 925. The first-order valence-corrected chi connectivity index (χ1v) is 7.74. The number of nitrogens with one attached hydrogen (secondary N) is 2. The van der Waals surface area contributed by atoms with Gasteiger partial charge in [-0.3, -0.25) is 10.7 Å². The monoisotopic (exact) mass is 361 g/mol. The van der Waals surface area contributed by atoms with Gasteiger partial charge in [0.25, 0.3) is 0 Å². The summed E-state index contributed by atoms with van der Waals surface area (Å²) in [5.74, 6) is 5.48. The van der Waals surface area contributed by atoms with E-state index in [2.05, 4.69) is 15.3 Å². The standard InChI is InChI=1S/C16H13Cl2N5O/c1-8-12-3-2-4-20-14(12)21-15(22-16(24)23-19)13(8)9-5-10(17)7-11(18)6-9/h2-7H,19H2,1H3,(H2,20,21,22,23,24). The highest BCUT2D eigenvalue weighted by Gasteiger charge is 2.17. The second-order valence-corrected chi connectivity index (χ2v) is 5.96. The van der Waals surface area contributed by atoms with E-state index in [1.165, 1.54) is 0 Å². The summed E-state index contributed by atoms with van der Waals surface area (Å²) in [7, 11) is 0. The van der Waals surface area contributed by atoms with Crippen molar-refractivity contribution in [1.82, 2.24) is 15.4 Å². The molecule has 0 aliphatic carbocycles. The summed E-state index contributed by atoms with van der Waals surface area (Å²) in [5, 5.41) is 4.45. The van der Waals surface area contributed by atoms with E-state index in [0.717, 1.165) is 16.5 Å². The lowest BCUT2D eigenvalue weighted by Crippen LogP contribution is -2.34. The van der Waals surface area contributed by atoms with Crippen molar-refractivity contribution in [3.8, 4) is 11.1 Å². The predicted octanol–water partition coefficient (Wildman–Crippen LogP) is 3.91. The molecule has 0 saturated carbocycles. The first-order valence-electron chi connectivity index (χ1n) is 6.99. The first-order chi connectivity index (χ1) is 11.5. The first kappa shape index (κ1) is 16.4. The number of hydrazine groups is 1. The molecule has 0 aliphatic heterocycles. The van der Waals surface area contributed by atoms with Gasteiger partial charge in [0.1, 0.15) is 5.82 Å². The number of anilines is 1. The smallest absolute Gasteiger partial charge is 0.291 e. The minimum Gasteiger partial charge on any atom is -0.291 e. The highest BCUT2D eigenvalue weighted by Crippen LogP contribution is 2.36. The molecule has 0 saturated heterocycles. The van der Waals surface area contributed by atoms with Crippen molar-refractivity contribution in [3.63, 3.8) is 0 Å². The number of amides is 2. The zero-order valence-corrected chi connectivity index (χ0v) is 14.1. The number of carbonyl (C=O) groups is 1. The average molecular weight is 362 g/mol. The van der Waals surface area contributed by atoms with E-state index in [4.69, 9.17) is 29.0 Å². The number of halogens is 2. The SMILES string of the molecule is Cc1c(-c2cc(Cl)cc(Cl)c2)c(NC(=O)NN)nc2ncccc12. The molecule has 3 rings (SSSR count). The van der Waals surface area contributed by atoms with Crippen LogP contribution in [0.15, 0.2) is 36.5 Å². The number of benzene rings is 1. The average Bonchev–Trinajstić information content (AvgIpc) is 2.54. The Morgan fingerprint density at radius 2 is 1.92 bits per heavy atom. The summed E-state index contributed by atoms with van der Waals surface area (Å²) in [6.07, 6.45) is 1.64. The van der Waals surface area contributed by atoms with Crippen LogP contribution in [0.5, 0.6) is 0 Å². The second kappa shape index (κ2) is 6.60. The normalized spacial score (nSPS) is 10.7. The number of hydrogen-bond donors (Lipinski definition) is 3. The molecule has 1 aromatic carbocycles. The topological polar surface area (TPSA) is 92.9 Å². The van der Waals surface area contributed by atoms with E-state index in [1.54, 1.807) is 24.4 Å². The van der Waals surface area contributed by atoms with E-state index < -0.39 is 6.03 Å². The lowest BCUT2D eigenvalue weighted by Gasteiger charge is -2.15. The molecule has 0 bridgehead atoms. The summed E-state index contributed by atoms with van der Waals surface area (Å²) in [6, 6.07) is 8.29. The van der Waals surface area contributed by atoms with Crippen LogP contribution in [0.1, 0.15) is 5.56 Å². The van der Waals surface area contributed by atoms with Crippen molar-refractivity contribution in [3.05, 3.63) is 52.1 Å². The molecule has 8 heteroatoms. The third kappa shape index (κ3) is 3.12. The zero-order valence-electron chi connectivity index (χ0n) is 12.6. The van der Waals surface area contributed by atoms with E-state index in [9.17, 15) is 4.79 Å². The maximum atomic E-state index is 11.7. The van der Waals surface area contributed by atoms with Crippen LogP contribution in [0.3, 0.4) is 0 Å². The molecule has 0 radical (unpaired) electrons. The number of nitrogens with zero attached hydrogens (tertiary/aromatic N) is 2. The minimum atomic E-state index is -0.591. The molecule has 122 valence electrons. The van der Waals surface area contributed by atoms with Crippen molar-refractivity contribution in [1.29, 1.82) is 0 Å². The number of hydrogen-bond acceptors (Lipinski definition) is 4. The van der Waals surface area contributed by atoms with Crippen LogP contribution in [0.25, 0.3) is 22.2 Å². The molecule has 2 heterocycles. The largest absolute Gasteiger partial charge is 0.334 e. The van der Waals surface area contributed by atoms with Gasteiger partial charge in [0.15, 0.2) is 5.65 Å². The van der Waals surface area contributed by atoms with Gasteiger partial charge in [-0.15, -0.1) is 0 Å². The number of carbonyl (C=O) groups excluding carboxylic acids is 1. The third-order valence-corrected chi connectivity index (χ3v) is 3.97. The maximum Gasteiger partial charge on any atom is 0.334 e. The van der Waals surface area contributed by atoms with Crippen molar-refractivity contribution in [2.24, 2.45) is 5.84 Å². The summed E-state index contributed by atoms with van der Waals surface area (Å²) < 4.78 is 0. The van der Waals surface area contributed by atoms with Crippen LogP contribution in [0.4, 0.5) is 10.6 Å². The number of fused-ring (bicyclic) bond motifs is 1. The number of urea groups is 1. The van der Waals surface area contributed by atoms with Crippen molar-refractivity contribution in [2.45, 2.75) is 6.92 Å². The summed E-state index contributed by atoms with van der Waals surface area (Å²) in [5.41, 5.74) is 4.85. The van der Waals surface area contributed by atoms with Crippen LogP contribution in [0, 0.1) is 6.92 Å². The highest BCUT2D eigenvalue weighted by molar-refractivity contribution is 6.35. The number of aryl methyl sites for hydroxylation is 1. The van der Waals surface area contributed by atoms with Gasteiger partial charge in [0.2, 0.25) is 0 Å². The van der Waals surface area contributed by atoms with Crippen molar-refractivity contribution >= 4 is 46.1 Å². The lowest BCUT2D eigenvalue weighted by atomic mass is 9.98. The Labute approximate surface area is 148 Å². The molecule has 0 fully saturated rings. The summed E-state index contributed by atoms with van der Waals surface area (Å²) in [4.78, 5) is 20.4. The second-order valence-electron chi connectivity index (χ2n) is 5.09. The molecular weight excluding hydrogens is 349 g/mol. The number of nitrogens with two attached hydrogens (primary N) is 1. The van der Waals surface area contributed by atoms with Gasteiger partial charge in [-0.05, 0) is 48.4 Å². The Kier molecular flexibility index (Phi) is 4.53. The summed E-state index contributed by atoms with van der Waals surface area (Å²) >= 11 is 12.2. The summed E-state index contributed by atoms with van der Waals surface area (Å²) in [6.45, 7) is 1.92. The molecule has 0 unspecified atom stereocenters. The molecule has 4 N–H and O–H groups in total. The maximum absolute atomic E-state index is 11.7. The molecule has 0 aliphatic rings. The predicted molar refractivity (Wildman–Crippen MR) is 96.1 cm³/mol. The van der Waals surface area contributed by atoms with Gasteiger partial charge in [0.05, 0.1) is 0 Å². The van der Waals surface area contributed by atoms with E-state index in [0.29, 0.717) is 27.1 Å². The Morgan fingerprint density at radius 1 is 1.21 bits per heavy atom. The van der Waals surface area contributed by atoms with Gasteiger partial charge in [0, 0.05) is 27.2 Å². The van der Waals surface area contributed by atoms with Crippen LogP contribution in [0.2, 0.25) is 10.0 Å². The number of pyridine rings is 2. The third-order valence-electron chi connectivity index (χ3n) is 3.53. The number of rotatable bonds is 2. The van der Waals surface area contributed by atoms with Crippen molar-refractivity contribution in [2.75, 3.05) is 5.32 Å². The van der Waals surface area contributed by atoms with E-state index in [1.807, 2.05) is 24.5 Å². The molecule has 0 spiro atoms. The van der Waals surface area contributed by atoms with E-state index >= 15 is 0 Å². The molecule has 2 amide bonds. The molecule has 2 aromatic heterocycles. The molecule has 6 nitrogen and oxygen atoms in total. The van der Waals surface area contributed by atoms with Crippen molar-refractivity contribution < 1.29 is 4.79 Å². The lowest BCUT2D eigenvalue weighted by molar-refractivity contribution is 0.252. The Balaban J connectivity index is 2.32. The molecule has 3 aromatic rings. The number of aromatic nitrogens is 2. The van der Waals surface area contributed by atoms with Crippen LogP contribution >= 0.6 is 23.2 Å². The van der Waals surface area contributed by atoms with Gasteiger partial charge in [-0.2, -0.15) is 0 Å². The fraction of sp³-hybridized carbons (Fsp3) is 0.0625. The van der Waals surface area contributed by atoms with Gasteiger partial charge in [-0.1, -0.05) is 23.2 Å². The Hall–Kier alpha value is -2.41. The van der Waals surface area contributed by atoms with Crippen LogP contribution in [-0.4, -0.2) is 16.0 Å².